The number of hydrogen-bond donors (Lipinski definition) is 0. The van der Waals surface area contributed by atoms with Crippen molar-refractivity contribution in [3.8, 4) is 6.07 Å². The van der Waals surface area contributed by atoms with Crippen LogP contribution in [0.4, 0.5) is 4.39 Å². The fraction of sp³-hybridized carbons (Fsp3) is 0.154. The zero-order valence-electron chi connectivity index (χ0n) is 9.29. The number of nitriles is 1. The van der Waals surface area contributed by atoms with E-state index in [1.807, 2.05) is 0 Å². The molecule has 0 bridgehead atoms. The van der Waals surface area contributed by atoms with Crippen molar-refractivity contribution in [2.24, 2.45) is 0 Å². The van der Waals surface area contributed by atoms with Gasteiger partial charge in [0.25, 0.3) is 5.70 Å². The van der Waals surface area contributed by atoms with Crippen LogP contribution in [0.1, 0.15) is 11.5 Å². The Morgan fingerprint density at radius 3 is 2.61 bits per heavy atom. The highest BCUT2D eigenvalue weighted by Crippen LogP contribution is 2.38. The lowest BCUT2D eigenvalue weighted by atomic mass is 9.81. The van der Waals surface area contributed by atoms with Crippen LogP contribution in [-0.4, -0.2) is 10.6 Å². The van der Waals surface area contributed by atoms with Crippen LogP contribution in [0.2, 0.25) is 0 Å². The van der Waals surface area contributed by atoms with E-state index >= 15 is 0 Å². The third-order valence-electron chi connectivity index (χ3n) is 2.83. The first-order chi connectivity index (χ1) is 8.57. The molecule has 2 rings (SSSR count). The fourth-order valence-electron chi connectivity index (χ4n) is 1.89. The SMILES string of the molecule is N#CC1(F)C=CC([N+](=O)[O-])=CC1c1ccccc1. The second-order valence-corrected chi connectivity index (χ2v) is 3.95. The maximum absolute atomic E-state index is 14.4. The summed E-state index contributed by atoms with van der Waals surface area (Å²) < 4.78 is 14.4. The first-order valence-electron chi connectivity index (χ1n) is 5.27. The Hall–Kier alpha value is -2.48. The topological polar surface area (TPSA) is 66.9 Å². The molecule has 1 aromatic carbocycles. The van der Waals surface area contributed by atoms with Crippen LogP contribution < -0.4 is 0 Å². The Morgan fingerprint density at radius 2 is 2.06 bits per heavy atom. The quantitative estimate of drug-likeness (QED) is 0.593. The van der Waals surface area contributed by atoms with Gasteiger partial charge in [0, 0.05) is 12.2 Å². The maximum Gasteiger partial charge on any atom is 0.266 e. The Labute approximate surface area is 103 Å². The molecule has 0 amide bonds. The molecule has 0 N–H and O–H groups in total. The van der Waals surface area contributed by atoms with Crippen LogP contribution in [0.15, 0.2) is 54.3 Å². The van der Waals surface area contributed by atoms with E-state index in [1.54, 1.807) is 36.4 Å². The molecule has 0 spiro atoms. The molecule has 0 saturated heterocycles. The molecule has 18 heavy (non-hydrogen) atoms. The van der Waals surface area contributed by atoms with Crippen molar-refractivity contribution in [2.75, 3.05) is 0 Å². The molecule has 0 aliphatic heterocycles. The van der Waals surface area contributed by atoms with Crippen LogP contribution in [0, 0.1) is 21.4 Å². The van der Waals surface area contributed by atoms with Crippen molar-refractivity contribution in [1.29, 1.82) is 5.26 Å². The molecule has 2 atom stereocenters. The molecule has 0 heterocycles. The van der Waals surface area contributed by atoms with Gasteiger partial charge in [0.1, 0.15) is 6.07 Å². The van der Waals surface area contributed by atoms with E-state index in [0.717, 1.165) is 12.2 Å². The number of nitrogens with zero attached hydrogens (tertiary/aromatic N) is 2. The zero-order valence-corrected chi connectivity index (χ0v) is 9.29. The van der Waals surface area contributed by atoms with E-state index in [-0.39, 0.29) is 5.70 Å². The Balaban J connectivity index is 2.50. The first-order valence-corrected chi connectivity index (χ1v) is 5.27. The molecule has 2 unspecified atom stereocenters. The summed E-state index contributed by atoms with van der Waals surface area (Å²) in [4.78, 5) is 10.1. The molecule has 0 saturated carbocycles. The van der Waals surface area contributed by atoms with Crippen LogP contribution in [0.5, 0.6) is 0 Å². The number of halogens is 1. The van der Waals surface area contributed by atoms with Gasteiger partial charge in [-0.3, -0.25) is 10.1 Å². The lowest BCUT2D eigenvalue weighted by Gasteiger charge is -2.24. The van der Waals surface area contributed by atoms with Gasteiger partial charge >= 0.3 is 0 Å². The van der Waals surface area contributed by atoms with Gasteiger partial charge in [0.05, 0.1) is 10.8 Å². The van der Waals surface area contributed by atoms with Crippen LogP contribution in [0.3, 0.4) is 0 Å². The Kier molecular flexibility index (Phi) is 2.94. The summed E-state index contributed by atoms with van der Waals surface area (Å²) in [5.74, 6) is -0.964. The minimum atomic E-state index is -2.25. The number of hydrogen-bond acceptors (Lipinski definition) is 3. The third kappa shape index (κ3) is 2.00. The molecule has 1 aliphatic rings. The van der Waals surface area contributed by atoms with Gasteiger partial charge in [0.2, 0.25) is 5.67 Å². The summed E-state index contributed by atoms with van der Waals surface area (Å²) >= 11 is 0. The fourth-order valence-corrected chi connectivity index (χ4v) is 1.89. The molecule has 90 valence electrons. The number of benzene rings is 1. The summed E-state index contributed by atoms with van der Waals surface area (Å²) in [5, 5.41) is 19.6. The average molecular weight is 244 g/mol. The second-order valence-electron chi connectivity index (χ2n) is 3.95. The largest absolute Gasteiger partial charge is 0.266 e. The lowest BCUT2D eigenvalue weighted by Crippen LogP contribution is -2.29. The van der Waals surface area contributed by atoms with Crippen molar-refractivity contribution >= 4 is 0 Å². The van der Waals surface area contributed by atoms with Crippen LogP contribution in [0.25, 0.3) is 0 Å². The molecule has 5 heteroatoms. The van der Waals surface area contributed by atoms with Crippen LogP contribution in [-0.2, 0) is 0 Å². The molecule has 4 nitrogen and oxygen atoms in total. The van der Waals surface area contributed by atoms with Crippen molar-refractivity contribution in [3.05, 3.63) is 69.9 Å². The number of rotatable bonds is 2. The smallest absolute Gasteiger partial charge is 0.258 e. The van der Waals surface area contributed by atoms with E-state index < -0.39 is 16.5 Å². The zero-order chi connectivity index (χ0) is 13.2. The number of nitro groups is 1. The summed E-state index contributed by atoms with van der Waals surface area (Å²) in [6, 6.07) is 10.0. The minimum Gasteiger partial charge on any atom is -0.258 e. The van der Waals surface area contributed by atoms with Crippen molar-refractivity contribution in [3.63, 3.8) is 0 Å². The third-order valence-corrected chi connectivity index (χ3v) is 2.83. The molecular formula is C13H9FN2O2. The van der Waals surface area contributed by atoms with Crippen molar-refractivity contribution in [2.45, 2.75) is 11.6 Å². The highest BCUT2D eigenvalue weighted by atomic mass is 19.1. The van der Waals surface area contributed by atoms with Gasteiger partial charge in [0.15, 0.2) is 0 Å². The average Bonchev–Trinajstić information content (AvgIpc) is 2.40. The van der Waals surface area contributed by atoms with E-state index in [4.69, 9.17) is 5.26 Å². The summed E-state index contributed by atoms with van der Waals surface area (Å²) in [6.07, 6.45) is 3.16. The normalized spacial score (nSPS) is 26.2. The number of alkyl halides is 1. The minimum absolute atomic E-state index is 0.202. The molecule has 1 aliphatic carbocycles. The Morgan fingerprint density at radius 1 is 1.39 bits per heavy atom. The van der Waals surface area contributed by atoms with E-state index in [2.05, 4.69) is 0 Å². The summed E-state index contributed by atoms with van der Waals surface area (Å²) in [5.41, 5.74) is -1.92. The summed E-state index contributed by atoms with van der Waals surface area (Å²) in [7, 11) is 0. The molecular weight excluding hydrogens is 235 g/mol. The molecule has 0 fully saturated rings. The second kappa shape index (κ2) is 4.41. The van der Waals surface area contributed by atoms with Crippen molar-refractivity contribution < 1.29 is 9.31 Å². The highest BCUT2D eigenvalue weighted by molar-refractivity contribution is 5.41. The first kappa shape index (κ1) is 12.0. The van der Waals surface area contributed by atoms with Gasteiger partial charge in [-0.25, -0.2) is 4.39 Å². The number of allylic oxidation sites excluding steroid dienone is 3. The monoisotopic (exact) mass is 244 g/mol. The molecule has 0 radical (unpaired) electrons. The summed E-state index contributed by atoms with van der Waals surface area (Å²) in [6.45, 7) is 0. The predicted octanol–water partition coefficient (Wildman–Crippen LogP) is 2.73. The standard InChI is InChI=1S/C13H9FN2O2/c14-13(9-15)7-6-11(16(17)18)8-12(13)10-4-2-1-3-5-10/h1-8,12H. The van der Waals surface area contributed by atoms with Gasteiger partial charge in [-0.05, 0) is 11.6 Å². The van der Waals surface area contributed by atoms with Gasteiger partial charge in [-0.2, -0.15) is 5.26 Å². The molecule has 0 aromatic heterocycles. The van der Waals surface area contributed by atoms with Gasteiger partial charge < -0.3 is 0 Å². The van der Waals surface area contributed by atoms with Crippen molar-refractivity contribution in [1.82, 2.24) is 0 Å². The van der Waals surface area contributed by atoms with Gasteiger partial charge in [-0.1, -0.05) is 30.3 Å². The van der Waals surface area contributed by atoms with E-state index in [0.29, 0.717) is 5.56 Å². The van der Waals surface area contributed by atoms with Crippen LogP contribution >= 0.6 is 0 Å². The van der Waals surface area contributed by atoms with Gasteiger partial charge in [-0.15, -0.1) is 0 Å². The molecule has 1 aromatic rings. The van der Waals surface area contributed by atoms with E-state index in [1.165, 1.54) is 6.08 Å². The predicted molar refractivity (Wildman–Crippen MR) is 62.9 cm³/mol. The maximum atomic E-state index is 14.4. The Bertz CT molecular complexity index is 574. The lowest BCUT2D eigenvalue weighted by molar-refractivity contribution is -0.419. The van der Waals surface area contributed by atoms with E-state index in [9.17, 15) is 14.5 Å². The highest BCUT2D eigenvalue weighted by Gasteiger charge is 2.41.